The maximum atomic E-state index is 11.4. The van der Waals surface area contributed by atoms with Gasteiger partial charge in [0.2, 0.25) is 0 Å². The van der Waals surface area contributed by atoms with Gasteiger partial charge in [-0.25, -0.2) is 4.57 Å². The lowest BCUT2D eigenvalue weighted by molar-refractivity contribution is 0.0847. The highest BCUT2D eigenvalue weighted by Gasteiger charge is 2.25. The van der Waals surface area contributed by atoms with Crippen LogP contribution in [-0.4, -0.2) is 43.4 Å². The molecule has 0 bridgehead atoms. The topological polar surface area (TPSA) is 111 Å². The lowest BCUT2D eigenvalue weighted by Gasteiger charge is -2.15. The molecule has 0 radical (unpaired) electrons. The van der Waals surface area contributed by atoms with Crippen LogP contribution in [-0.2, 0) is 18.1 Å². The van der Waals surface area contributed by atoms with Gasteiger partial charge in [-0.05, 0) is 0 Å². The summed E-state index contributed by atoms with van der Waals surface area (Å²) >= 11 is 0. The predicted molar refractivity (Wildman–Crippen MR) is 43.8 cm³/mol. The average molecular weight is 215 g/mol. The van der Waals surface area contributed by atoms with Crippen molar-refractivity contribution in [3.63, 3.8) is 0 Å². The van der Waals surface area contributed by atoms with E-state index in [1.807, 2.05) is 0 Å². The monoisotopic (exact) mass is 215 g/mol. The van der Waals surface area contributed by atoms with Crippen LogP contribution in [0, 0.1) is 0 Å². The average Bonchev–Trinajstić information content (AvgIpc) is 2.12. The van der Waals surface area contributed by atoms with Gasteiger partial charge in [0.1, 0.15) is 6.73 Å². The number of hydrogen-bond donors (Lipinski definition) is 3. The molecule has 0 saturated heterocycles. The van der Waals surface area contributed by atoms with Crippen molar-refractivity contribution < 1.29 is 28.3 Å². The van der Waals surface area contributed by atoms with Crippen molar-refractivity contribution in [1.82, 2.24) is 0 Å². The zero-order valence-corrected chi connectivity index (χ0v) is 7.98. The second kappa shape index (κ2) is 7.40. The third-order valence-electron chi connectivity index (χ3n) is 0.914. The van der Waals surface area contributed by atoms with E-state index in [0.717, 1.165) is 0 Å². The first-order chi connectivity index (χ1) is 6.18. The molecule has 7 nitrogen and oxygen atoms in total. The lowest BCUT2D eigenvalue weighted by Crippen LogP contribution is -2.10. The van der Waals surface area contributed by atoms with E-state index in [1.54, 1.807) is 0 Å². The summed E-state index contributed by atoms with van der Waals surface area (Å²) in [7, 11) is -3.70. The summed E-state index contributed by atoms with van der Waals surface area (Å²) in [6.07, 6.45) is 0. The highest BCUT2D eigenvalue weighted by molar-refractivity contribution is 7.48. The summed E-state index contributed by atoms with van der Waals surface area (Å²) < 4.78 is 25.0. The van der Waals surface area contributed by atoms with Gasteiger partial charge in [0, 0.05) is 0 Å². The Bertz CT molecular complexity index is 153. The van der Waals surface area contributed by atoms with Crippen LogP contribution in [0.3, 0.4) is 0 Å². The summed E-state index contributed by atoms with van der Waals surface area (Å²) in [6.45, 7) is -1.29. The van der Waals surface area contributed by atoms with Crippen molar-refractivity contribution in [3.8, 4) is 0 Å². The molecule has 0 unspecified atom stereocenters. The summed E-state index contributed by atoms with van der Waals surface area (Å²) in [5, 5.41) is 16.8. The first-order valence-electron chi connectivity index (χ1n) is 3.64. The molecule has 0 aliphatic carbocycles. The van der Waals surface area contributed by atoms with Crippen LogP contribution < -0.4 is 5.73 Å². The summed E-state index contributed by atoms with van der Waals surface area (Å²) in [6, 6.07) is 0. The molecule has 0 aliphatic heterocycles. The SMILES string of the molecule is NCOP(=O)(OCCO)OCCO. The normalized spacial score (nSPS) is 11.9. The van der Waals surface area contributed by atoms with Crippen LogP contribution >= 0.6 is 7.82 Å². The van der Waals surface area contributed by atoms with Crippen molar-refractivity contribution in [3.05, 3.63) is 0 Å². The molecule has 0 aromatic heterocycles. The third-order valence-corrected chi connectivity index (χ3v) is 2.38. The maximum Gasteiger partial charge on any atom is 0.476 e. The van der Waals surface area contributed by atoms with Gasteiger partial charge >= 0.3 is 7.82 Å². The molecule has 0 fully saturated rings. The lowest BCUT2D eigenvalue weighted by atomic mass is 10.8. The molecule has 0 spiro atoms. The van der Waals surface area contributed by atoms with Crippen molar-refractivity contribution in [1.29, 1.82) is 0 Å². The van der Waals surface area contributed by atoms with E-state index >= 15 is 0 Å². The second-order valence-electron chi connectivity index (χ2n) is 1.86. The fraction of sp³-hybridized carbons (Fsp3) is 1.00. The van der Waals surface area contributed by atoms with Crippen molar-refractivity contribution in [2.24, 2.45) is 5.73 Å². The van der Waals surface area contributed by atoms with E-state index in [9.17, 15) is 4.57 Å². The smallest absolute Gasteiger partial charge is 0.394 e. The Hall–Kier alpha value is -0.0100. The van der Waals surface area contributed by atoms with Crippen LogP contribution in [0.25, 0.3) is 0 Å². The molecule has 0 rings (SSSR count). The Morgan fingerprint density at radius 3 is 1.85 bits per heavy atom. The molecule has 8 heteroatoms. The number of phosphoric ester groups is 1. The van der Waals surface area contributed by atoms with Crippen LogP contribution in [0.5, 0.6) is 0 Å². The van der Waals surface area contributed by atoms with Crippen molar-refractivity contribution in [2.75, 3.05) is 33.2 Å². The van der Waals surface area contributed by atoms with E-state index < -0.39 is 7.82 Å². The number of phosphoric acid groups is 1. The number of nitrogens with two attached hydrogens (primary N) is 1. The standard InChI is InChI=1S/C5H14NO6P/c6-5-12-13(9,10-3-1-7)11-4-2-8/h7-8H,1-6H2. The van der Waals surface area contributed by atoms with E-state index in [1.165, 1.54) is 0 Å². The Morgan fingerprint density at radius 1 is 1.08 bits per heavy atom. The van der Waals surface area contributed by atoms with Gasteiger partial charge in [-0.3, -0.25) is 13.6 Å². The maximum absolute atomic E-state index is 11.4. The molecule has 0 amide bonds. The van der Waals surface area contributed by atoms with Gasteiger partial charge in [-0.15, -0.1) is 0 Å². The van der Waals surface area contributed by atoms with E-state index in [0.29, 0.717) is 0 Å². The van der Waals surface area contributed by atoms with Gasteiger partial charge in [-0.1, -0.05) is 0 Å². The number of aliphatic hydroxyl groups is 2. The van der Waals surface area contributed by atoms with E-state index in [2.05, 4.69) is 13.6 Å². The molecular formula is C5H14NO6P. The van der Waals surface area contributed by atoms with Gasteiger partial charge < -0.3 is 15.9 Å². The number of rotatable bonds is 8. The first kappa shape index (κ1) is 13.0. The molecule has 0 saturated carbocycles. The minimum Gasteiger partial charge on any atom is -0.394 e. The van der Waals surface area contributed by atoms with Gasteiger partial charge in [-0.2, -0.15) is 0 Å². The van der Waals surface area contributed by atoms with E-state index in [-0.39, 0.29) is 33.2 Å². The summed E-state index contributed by atoms with van der Waals surface area (Å²) in [5.41, 5.74) is 4.98. The van der Waals surface area contributed by atoms with Crippen LogP contribution in [0.1, 0.15) is 0 Å². The molecule has 0 aromatic rings. The largest absolute Gasteiger partial charge is 0.476 e. The Morgan fingerprint density at radius 2 is 1.54 bits per heavy atom. The minimum absolute atomic E-state index is 0.178. The Kier molecular flexibility index (Phi) is 7.39. The van der Waals surface area contributed by atoms with Crippen LogP contribution in [0.2, 0.25) is 0 Å². The van der Waals surface area contributed by atoms with E-state index in [4.69, 9.17) is 15.9 Å². The third kappa shape index (κ3) is 6.11. The molecule has 80 valence electrons. The zero-order valence-electron chi connectivity index (χ0n) is 7.09. The van der Waals surface area contributed by atoms with Crippen LogP contribution in [0.15, 0.2) is 0 Å². The molecule has 0 atom stereocenters. The fourth-order valence-corrected chi connectivity index (χ4v) is 1.53. The second-order valence-corrected chi connectivity index (χ2v) is 3.53. The zero-order chi connectivity index (χ0) is 10.2. The molecule has 0 aliphatic rings. The van der Waals surface area contributed by atoms with Crippen molar-refractivity contribution >= 4 is 7.82 Å². The highest BCUT2D eigenvalue weighted by Crippen LogP contribution is 2.48. The minimum atomic E-state index is -3.70. The summed E-state index contributed by atoms with van der Waals surface area (Å²) in [5.74, 6) is 0. The fourth-order valence-electron chi connectivity index (χ4n) is 0.508. The van der Waals surface area contributed by atoms with Gasteiger partial charge in [0.15, 0.2) is 0 Å². The number of hydrogen-bond acceptors (Lipinski definition) is 7. The first-order valence-corrected chi connectivity index (χ1v) is 5.10. The Balaban J connectivity index is 3.92. The Labute approximate surface area is 76.0 Å². The molecule has 13 heavy (non-hydrogen) atoms. The molecular weight excluding hydrogens is 201 g/mol. The van der Waals surface area contributed by atoms with Gasteiger partial charge in [0.05, 0.1) is 26.4 Å². The number of aliphatic hydroxyl groups excluding tert-OH is 2. The van der Waals surface area contributed by atoms with Gasteiger partial charge in [0.25, 0.3) is 0 Å². The predicted octanol–water partition coefficient (Wildman–Crippen LogP) is -0.955. The quantitative estimate of drug-likeness (QED) is 0.353. The van der Waals surface area contributed by atoms with Crippen LogP contribution in [0.4, 0.5) is 0 Å². The molecule has 4 N–H and O–H groups in total. The molecule has 0 aromatic carbocycles. The van der Waals surface area contributed by atoms with Crippen molar-refractivity contribution in [2.45, 2.75) is 0 Å². The molecule has 0 heterocycles. The highest BCUT2D eigenvalue weighted by atomic mass is 31.2. The summed E-state index contributed by atoms with van der Waals surface area (Å²) in [4.78, 5) is 0.